The van der Waals surface area contributed by atoms with E-state index < -0.39 is 35.3 Å². The second-order valence-electron chi connectivity index (χ2n) is 7.17. The summed E-state index contributed by atoms with van der Waals surface area (Å²) >= 11 is 0. The van der Waals surface area contributed by atoms with Crippen molar-refractivity contribution in [3.05, 3.63) is 57.6 Å². The second-order valence-corrected chi connectivity index (χ2v) is 7.17. The number of rotatable bonds is 6. The summed E-state index contributed by atoms with van der Waals surface area (Å²) in [5.74, 6) is -1.06. The minimum atomic E-state index is -0.899. The molecule has 2 N–H and O–H groups in total. The topological polar surface area (TPSA) is 140 Å². The molecule has 0 aromatic heterocycles. The van der Waals surface area contributed by atoms with Crippen LogP contribution in [0.25, 0.3) is 0 Å². The van der Waals surface area contributed by atoms with Gasteiger partial charge in [0.1, 0.15) is 18.0 Å². The molecule has 0 bridgehead atoms. The van der Waals surface area contributed by atoms with E-state index in [0.29, 0.717) is 5.75 Å². The van der Waals surface area contributed by atoms with Gasteiger partial charge in [-0.1, -0.05) is 12.1 Å². The Morgan fingerprint density at radius 1 is 1.25 bits per heavy atom. The van der Waals surface area contributed by atoms with Gasteiger partial charge in [0, 0.05) is 12.1 Å². The Hall–Kier alpha value is -4.15. The zero-order valence-electron chi connectivity index (χ0n) is 17.7. The number of hydrogen-bond donors (Lipinski definition) is 2. The number of carbonyl (C=O) groups excluding carboxylic acids is 3. The van der Waals surface area contributed by atoms with Gasteiger partial charge in [-0.2, -0.15) is 0 Å². The lowest BCUT2D eigenvalue weighted by molar-refractivity contribution is -0.384. The minimum Gasteiger partial charge on any atom is -0.482 e. The Balaban J connectivity index is 1.60. The number of carbonyl (C=O) groups is 3. The van der Waals surface area contributed by atoms with Gasteiger partial charge in [0.05, 0.1) is 10.6 Å². The summed E-state index contributed by atoms with van der Waals surface area (Å²) in [7, 11) is 0. The molecule has 0 spiro atoms. The Bertz CT molecular complexity index is 1090. The molecule has 0 saturated heterocycles. The summed E-state index contributed by atoms with van der Waals surface area (Å²) in [6.45, 7) is 4.55. The van der Waals surface area contributed by atoms with Crippen LogP contribution in [0.5, 0.6) is 11.5 Å². The van der Waals surface area contributed by atoms with E-state index in [1.165, 1.54) is 19.1 Å². The van der Waals surface area contributed by atoms with Crippen LogP contribution in [0.2, 0.25) is 0 Å². The largest absolute Gasteiger partial charge is 0.482 e. The van der Waals surface area contributed by atoms with E-state index in [1.54, 1.807) is 6.07 Å². The van der Waals surface area contributed by atoms with Crippen molar-refractivity contribution in [3.8, 4) is 11.5 Å². The minimum absolute atomic E-state index is 0.101. The highest BCUT2D eigenvalue weighted by molar-refractivity contribution is 6.02. The number of fused-ring (bicyclic) bond motifs is 1. The highest BCUT2D eigenvalue weighted by atomic mass is 16.6. The van der Waals surface area contributed by atoms with Gasteiger partial charge < -0.3 is 9.47 Å². The van der Waals surface area contributed by atoms with Crippen LogP contribution in [0.4, 0.5) is 11.4 Å². The molecule has 11 nitrogen and oxygen atoms in total. The van der Waals surface area contributed by atoms with Crippen molar-refractivity contribution in [1.82, 2.24) is 10.9 Å². The number of benzene rings is 2. The van der Waals surface area contributed by atoms with Crippen LogP contribution >= 0.6 is 0 Å². The van der Waals surface area contributed by atoms with E-state index in [4.69, 9.17) is 9.47 Å². The van der Waals surface area contributed by atoms with Crippen molar-refractivity contribution >= 4 is 29.1 Å². The molecular weight excluding hydrogens is 420 g/mol. The van der Waals surface area contributed by atoms with Gasteiger partial charge >= 0.3 is 0 Å². The Morgan fingerprint density at radius 2 is 2.00 bits per heavy atom. The lowest BCUT2D eigenvalue weighted by atomic mass is 10.1. The van der Waals surface area contributed by atoms with E-state index >= 15 is 0 Å². The summed E-state index contributed by atoms with van der Waals surface area (Å²) in [5, 5.41) is 11.0. The summed E-state index contributed by atoms with van der Waals surface area (Å²) in [6.07, 6.45) is -0.899. The zero-order valence-corrected chi connectivity index (χ0v) is 17.7. The summed E-state index contributed by atoms with van der Waals surface area (Å²) in [5.41, 5.74) is 6.24. The number of hydrazine groups is 1. The smallest absolute Gasteiger partial charge is 0.279 e. The quantitative estimate of drug-likeness (QED) is 0.511. The fourth-order valence-electron chi connectivity index (χ4n) is 2.99. The summed E-state index contributed by atoms with van der Waals surface area (Å²) in [6, 6.07) is 9.23. The molecule has 1 unspecified atom stereocenters. The molecule has 2 aromatic carbocycles. The van der Waals surface area contributed by atoms with Crippen molar-refractivity contribution in [2.24, 2.45) is 0 Å². The maximum absolute atomic E-state index is 12.3. The van der Waals surface area contributed by atoms with Crippen LogP contribution < -0.4 is 25.2 Å². The third kappa shape index (κ3) is 4.94. The van der Waals surface area contributed by atoms with Crippen LogP contribution in [0.3, 0.4) is 0 Å². The predicted octanol–water partition coefficient (Wildman–Crippen LogP) is 1.55. The number of amides is 3. The molecule has 0 aliphatic carbocycles. The molecule has 0 radical (unpaired) electrons. The van der Waals surface area contributed by atoms with Crippen molar-refractivity contribution in [3.63, 3.8) is 0 Å². The summed E-state index contributed by atoms with van der Waals surface area (Å²) < 4.78 is 10.9. The van der Waals surface area contributed by atoms with E-state index in [0.717, 1.165) is 22.1 Å². The third-order valence-corrected chi connectivity index (χ3v) is 4.95. The first kappa shape index (κ1) is 22.5. The first-order valence-electron chi connectivity index (χ1n) is 9.70. The molecule has 11 heteroatoms. The van der Waals surface area contributed by atoms with Gasteiger partial charge in [-0.15, -0.1) is 0 Å². The monoisotopic (exact) mass is 442 g/mol. The van der Waals surface area contributed by atoms with Gasteiger partial charge in [-0.05, 0) is 44.0 Å². The molecule has 1 atom stereocenters. The molecule has 3 rings (SSSR count). The van der Waals surface area contributed by atoms with Gasteiger partial charge in [0.2, 0.25) is 0 Å². The SMILES string of the molecule is Cc1cccc(OC(C)C(=O)NNC(=O)CN2C(=O)COc3ccc([N+](=O)[O-])cc32)c1C. The molecule has 2 aromatic rings. The van der Waals surface area contributed by atoms with Gasteiger partial charge in [-0.25, -0.2) is 0 Å². The number of ether oxygens (including phenoxy) is 2. The third-order valence-electron chi connectivity index (χ3n) is 4.95. The van der Waals surface area contributed by atoms with Crippen molar-refractivity contribution in [1.29, 1.82) is 0 Å². The average Bonchev–Trinajstić information content (AvgIpc) is 2.76. The zero-order chi connectivity index (χ0) is 23.4. The second kappa shape index (κ2) is 9.33. The number of nitro groups is 1. The fraction of sp³-hybridized carbons (Fsp3) is 0.286. The molecular formula is C21H22N4O7. The molecule has 0 saturated carbocycles. The number of nitrogens with zero attached hydrogens (tertiary/aromatic N) is 2. The van der Waals surface area contributed by atoms with E-state index in [9.17, 15) is 24.5 Å². The molecule has 3 amide bonds. The first-order chi connectivity index (χ1) is 15.2. The Morgan fingerprint density at radius 3 is 2.72 bits per heavy atom. The molecule has 168 valence electrons. The average molecular weight is 442 g/mol. The highest BCUT2D eigenvalue weighted by Gasteiger charge is 2.29. The molecule has 0 fully saturated rings. The van der Waals surface area contributed by atoms with Crippen LogP contribution in [0, 0.1) is 24.0 Å². The predicted molar refractivity (Wildman–Crippen MR) is 113 cm³/mol. The Kier molecular flexibility index (Phi) is 6.57. The van der Waals surface area contributed by atoms with Crippen molar-refractivity contribution in [2.45, 2.75) is 26.9 Å². The molecule has 1 heterocycles. The normalized spacial score (nSPS) is 13.5. The fourth-order valence-corrected chi connectivity index (χ4v) is 2.99. The van der Waals surface area contributed by atoms with Crippen LogP contribution in [-0.2, 0) is 14.4 Å². The van der Waals surface area contributed by atoms with Crippen LogP contribution in [0.15, 0.2) is 36.4 Å². The maximum atomic E-state index is 12.3. The summed E-state index contributed by atoms with van der Waals surface area (Å²) in [4.78, 5) is 48.3. The van der Waals surface area contributed by atoms with Crippen molar-refractivity contribution < 1.29 is 28.8 Å². The van der Waals surface area contributed by atoms with Gasteiger partial charge in [0.15, 0.2) is 12.7 Å². The van der Waals surface area contributed by atoms with Gasteiger partial charge in [0.25, 0.3) is 23.4 Å². The lowest BCUT2D eigenvalue weighted by Crippen LogP contribution is -2.52. The van der Waals surface area contributed by atoms with Crippen LogP contribution in [-0.4, -0.2) is 41.9 Å². The standard InChI is InChI=1S/C21H22N4O7/c1-12-5-4-6-17(13(12)2)32-14(3)21(28)23-22-19(26)10-24-16-9-15(25(29)30)7-8-18(16)31-11-20(24)27/h4-9,14H,10-11H2,1-3H3,(H,22,26)(H,23,28). The van der Waals surface area contributed by atoms with E-state index in [1.807, 2.05) is 26.0 Å². The molecule has 32 heavy (non-hydrogen) atoms. The van der Waals surface area contributed by atoms with Crippen molar-refractivity contribution in [2.75, 3.05) is 18.1 Å². The number of hydrogen-bond acceptors (Lipinski definition) is 7. The number of nitrogens with one attached hydrogen (secondary N) is 2. The first-order valence-corrected chi connectivity index (χ1v) is 9.70. The number of nitro benzene ring substituents is 1. The Labute approximate surface area is 183 Å². The number of non-ortho nitro benzene ring substituents is 1. The van der Waals surface area contributed by atoms with E-state index in [2.05, 4.69) is 10.9 Å². The van der Waals surface area contributed by atoms with Crippen LogP contribution in [0.1, 0.15) is 18.1 Å². The number of anilines is 1. The molecule has 1 aliphatic heterocycles. The molecule has 1 aliphatic rings. The lowest BCUT2D eigenvalue weighted by Gasteiger charge is -2.28. The van der Waals surface area contributed by atoms with Gasteiger partial charge in [-0.3, -0.25) is 40.2 Å². The highest BCUT2D eigenvalue weighted by Crippen LogP contribution is 2.35. The number of aryl methyl sites for hydroxylation is 1. The maximum Gasteiger partial charge on any atom is 0.279 e. The van der Waals surface area contributed by atoms with E-state index in [-0.39, 0.29) is 23.7 Å².